The van der Waals surface area contributed by atoms with Gasteiger partial charge in [0.15, 0.2) is 0 Å². The van der Waals surface area contributed by atoms with Crippen molar-refractivity contribution in [2.45, 2.75) is 129 Å². The van der Waals surface area contributed by atoms with Crippen LogP contribution in [0.2, 0.25) is 0 Å². The summed E-state index contributed by atoms with van der Waals surface area (Å²) >= 11 is 0. The third kappa shape index (κ3) is 11.3. The van der Waals surface area contributed by atoms with Gasteiger partial charge in [-0.15, -0.1) is 0 Å². The van der Waals surface area contributed by atoms with Crippen LogP contribution in [-0.4, -0.2) is 27.3 Å². The van der Waals surface area contributed by atoms with E-state index in [2.05, 4.69) is 6.92 Å². The molecule has 0 bridgehead atoms. The van der Waals surface area contributed by atoms with Crippen LogP contribution in [0.25, 0.3) is 0 Å². The summed E-state index contributed by atoms with van der Waals surface area (Å²) in [5, 5.41) is 7.89. The lowest BCUT2D eigenvalue weighted by Crippen LogP contribution is -2.35. The van der Waals surface area contributed by atoms with Crippen molar-refractivity contribution in [2.75, 3.05) is 6.16 Å². The summed E-state index contributed by atoms with van der Waals surface area (Å²) in [5.74, 6) is -1.14. The van der Waals surface area contributed by atoms with Gasteiger partial charge in [-0.1, -0.05) is 110 Å². The molecule has 0 rings (SSSR count). The fourth-order valence-electron chi connectivity index (χ4n) is 3.62. The molecule has 4 nitrogen and oxygen atoms in total. The quantitative estimate of drug-likeness (QED) is 0.174. The number of rotatable bonds is 19. The Hall–Kier alpha value is -0.340. The molecular formula is C22H45O4P. The molecular weight excluding hydrogens is 359 g/mol. The van der Waals surface area contributed by atoms with E-state index in [1.807, 2.05) is 0 Å². The Bertz CT molecular complexity index is 425. The van der Waals surface area contributed by atoms with Crippen molar-refractivity contribution >= 4 is 13.3 Å². The molecule has 0 aromatic heterocycles. The molecule has 2 unspecified atom stereocenters. The molecule has 162 valence electrons. The molecule has 5 heteroatoms. The van der Waals surface area contributed by atoms with Crippen LogP contribution in [0.15, 0.2) is 0 Å². The van der Waals surface area contributed by atoms with Crippen LogP contribution in [0.4, 0.5) is 0 Å². The molecule has 0 heterocycles. The molecule has 0 radical (unpaired) electrons. The first kappa shape index (κ1) is 26.7. The van der Waals surface area contributed by atoms with Crippen LogP contribution >= 0.6 is 7.37 Å². The molecule has 0 saturated heterocycles. The predicted octanol–water partition coefficient (Wildman–Crippen LogP) is 7.38. The summed E-state index contributed by atoms with van der Waals surface area (Å²) in [5.41, 5.74) is 0. The van der Waals surface area contributed by atoms with E-state index in [0.29, 0.717) is 12.8 Å². The van der Waals surface area contributed by atoms with Gasteiger partial charge in [-0.25, -0.2) is 0 Å². The lowest BCUT2D eigenvalue weighted by molar-refractivity contribution is -0.140. The van der Waals surface area contributed by atoms with E-state index >= 15 is 0 Å². The normalized spacial score (nSPS) is 16.0. The molecule has 27 heavy (non-hydrogen) atoms. The van der Waals surface area contributed by atoms with Gasteiger partial charge in [0.05, 0.1) is 0 Å². The van der Waals surface area contributed by atoms with Crippen molar-refractivity contribution < 1.29 is 19.4 Å². The average Bonchev–Trinajstić information content (AvgIpc) is 2.64. The highest BCUT2D eigenvalue weighted by atomic mass is 31.2. The number of unbranched alkanes of at least 4 members (excludes halogenated alkanes) is 14. The third-order valence-electron chi connectivity index (χ3n) is 5.93. The molecule has 0 aliphatic rings. The molecule has 0 aromatic rings. The molecule has 0 aliphatic heterocycles. The maximum atomic E-state index is 12.2. The zero-order valence-electron chi connectivity index (χ0n) is 18.2. The number of carboxylic acid groups (broad SMARTS) is 1. The summed E-state index contributed by atoms with van der Waals surface area (Å²) in [6.45, 7) is 5.28. The third-order valence-corrected chi connectivity index (χ3v) is 8.74. The zero-order chi connectivity index (χ0) is 20.6. The van der Waals surface area contributed by atoms with Crippen molar-refractivity contribution in [1.82, 2.24) is 0 Å². The number of aliphatic carboxylic acids is 1. The van der Waals surface area contributed by atoms with Crippen LogP contribution in [0.1, 0.15) is 124 Å². The van der Waals surface area contributed by atoms with E-state index in [0.717, 1.165) is 12.8 Å². The monoisotopic (exact) mass is 404 g/mol. The minimum Gasteiger partial charge on any atom is -0.480 e. The lowest BCUT2D eigenvalue weighted by atomic mass is 10.0. The smallest absolute Gasteiger partial charge is 0.319 e. The van der Waals surface area contributed by atoms with Gasteiger partial charge in [0.25, 0.3) is 0 Å². The van der Waals surface area contributed by atoms with E-state index in [-0.39, 0.29) is 6.16 Å². The minimum atomic E-state index is -3.64. The molecule has 0 fully saturated rings. The summed E-state index contributed by atoms with van der Waals surface area (Å²) in [4.78, 5) is 21.5. The molecule has 0 amide bonds. The zero-order valence-corrected chi connectivity index (χ0v) is 19.1. The van der Waals surface area contributed by atoms with Crippen molar-refractivity contribution in [3.8, 4) is 0 Å². The number of carbonyl (C=O) groups is 1. The Balaban J connectivity index is 3.59. The highest BCUT2D eigenvalue weighted by Gasteiger charge is 2.47. The number of hydrogen-bond donors (Lipinski definition) is 2. The van der Waals surface area contributed by atoms with E-state index < -0.39 is 18.5 Å². The van der Waals surface area contributed by atoms with Gasteiger partial charge < -0.3 is 10.00 Å². The van der Waals surface area contributed by atoms with Gasteiger partial charge in [0.1, 0.15) is 5.16 Å². The first-order valence-electron chi connectivity index (χ1n) is 11.4. The minimum absolute atomic E-state index is 0.0224. The fourth-order valence-corrected chi connectivity index (χ4v) is 5.12. The number of hydrogen-bond acceptors (Lipinski definition) is 2. The molecule has 0 spiro atoms. The van der Waals surface area contributed by atoms with E-state index in [1.54, 1.807) is 6.92 Å². The van der Waals surface area contributed by atoms with Crippen LogP contribution in [0.5, 0.6) is 0 Å². The summed E-state index contributed by atoms with van der Waals surface area (Å²) in [7, 11) is -3.64. The largest absolute Gasteiger partial charge is 0.480 e. The van der Waals surface area contributed by atoms with Crippen molar-refractivity contribution in [2.24, 2.45) is 0 Å². The Labute approximate surface area is 168 Å². The number of carboxylic acids is 1. The second-order valence-corrected chi connectivity index (χ2v) is 11.3. The van der Waals surface area contributed by atoms with Crippen molar-refractivity contribution in [1.29, 1.82) is 0 Å². The Kier molecular flexibility index (Phi) is 15.4. The molecule has 0 saturated carbocycles. The highest BCUT2D eigenvalue weighted by molar-refractivity contribution is 7.60. The van der Waals surface area contributed by atoms with E-state index in [1.165, 1.54) is 84.0 Å². The van der Waals surface area contributed by atoms with Crippen LogP contribution < -0.4 is 0 Å². The van der Waals surface area contributed by atoms with Crippen LogP contribution in [-0.2, 0) is 9.36 Å². The maximum absolute atomic E-state index is 12.2. The SMILES string of the molecule is CCCCCCCCCCCCCCCCCC(C)(C(=O)O)P(=O)(O)CC. The van der Waals surface area contributed by atoms with Crippen molar-refractivity contribution in [3.05, 3.63) is 0 Å². The second kappa shape index (κ2) is 15.6. The Morgan fingerprint density at radius 1 is 0.741 bits per heavy atom. The maximum Gasteiger partial charge on any atom is 0.319 e. The van der Waals surface area contributed by atoms with Crippen LogP contribution in [0, 0.1) is 0 Å². The molecule has 2 N–H and O–H groups in total. The first-order chi connectivity index (χ1) is 12.8. The van der Waals surface area contributed by atoms with Crippen LogP contribution in [0.3, 0.4) is 0 Å². The average molecular weight is 405 g/mol. The fraction of sp³-hybridized carbons (Fsp3) is 0.955. The lowest BCUT2D eigenvalue weighted by Gasteiger charge is -2.29. The van der Waals surface area contributed by atoms with Gasteiger partial charge >= 0.3 is 5.97 Å². The van der Waals surface area contributed by atoms with Crippen molar-refractivity contribution in [3.63, 3.8) is 0 Å². The Morgan fingerprint density at radius 3 is 1.37 bits per heavy atom. The standard InChI is InChI=1S/C22H45O4P/c1-4-6-7-8-9-10-11-12-13-14-15-16-17-18-19-20-22(3,21(23)24)27(25,26)5-2/h4-20H2,1-3H3,(H,23,24)(H,25,26). The summed E-state index contributed by atoms with van der Waals surface area (Å²) in [6.07, 6.45) is 19.1. The summed E-state index contributed by atoms with van der Waals surface area (Å²) in [6, 6.07) is 0. The molecule has 0 aliphatic carbocycles. The highest BCUT2D eigenvalue weighted by Crippen LogP contribution is 2.56. The van der Waals surface area contributed by atoms with E-state index in [4.69, 9.17) is 0 Å². The van der Waals surface area contributed by atoms with Gasteiger partial charge in [0, 0.05) is 6.16 Å². The second-order valence-electron chi connectivity index (χ2n) is 8.30. The first-order valence-corrected chi connectivity index (χ1v) is 13.2. The van der Waals surface area contributed by atoms with Gasteiger partial charge in [0.2, 0.25) is 7.37 Å². The van der Waals surface area contributed by atoms with Gasteiger partial charge in [-0.2, -0.15) is 0 Å². The molecule has 2 atom stereocenters. The van der Waals surface area contributed by atoms with E-state index in [9.17, 15) is 19.4 Å². The summed E-state index contributed by atoms with van der Waals surface area (Å²) < 4.78 is 12.2. The van der Waals surface area contributed by atoms with Gasteiger partial charge in [-0.3, -0.25) is 9.36 Å². The molecule has 0 aromatic carbocycles. The predicted molar refractivity (Wildman–Crippen MR) is 116 cm³/mol. The van der Waals surface area contributed by atoms with Gasteiger partial charge in [-0.05, 0) is 13.3 Å². The Morgan fingerprint density at radius 2 is 1.07 bits per heavy atom. The topological polar surface area (TPSA) is 74.6 Å².